The fourth-order valence-corrected chi connectivity index (χ4v) is 5.11. The van der Waals surface area contributed by atoms with Crippen molar-refractivity contribution in [1.29, 1.82) is 0 Å². The molecule has 7 heteroatoms. The largest absolute Gasteiger partial charge is 0.333 e. The fourth-order valence-electron chi connectivity index (χ4n) is 4.49. The van der Waals surface area contributed by atoms with E-state index in [9.17, 15) is 4.79 Å². The van der Waals surface area contributed by atoms with Gasteiger partial charge in [0.25, 0.3) is 5.91 Å². The van der Waals surface area contributed by atoms with E-state index < -0.39 is 0 Å². The second-order valence-electron chi connectivity index (χ2n) is 8.58. The maximum atomic E-state index is 13.7. The van der Waals surface area contributed by atoms with Gasteiger partial charge in [-0.2, -0.15) is 0 Å². The lowest BCUT2D eigenvalue weighted by atomic mass is 9.94. The molecule has 0 saturated heterocycles. The number of carbonyl (C=O) groups excluding carboxylic acids is 1. The van der Waals surface area contributed by atoms with Crippen LogP contribution in [0.2, 0.25) is 15.1 Å². The minimum Gasteiger partial charge on any atom is -0.333 e. The lowest BCUT2D eigenvalue weighted by Crippen LogP contribution is -2.42. The number of amides is 1. The Morgan fingerprint density at radius 3 is 2.39 bits per heavy atom. The summed E-state index contributed by atoms with van der Waals surface area (Å²) >= 11 is 18.8. The van der Waals surface area contributed by atoms with Crippen LogP contribution < -0.4 is 0 Å². The lowest BCUT2D eigenvalue weighted by molar-refractivity contribution is 0.0619. The van der Waals surface area contributed by atoms with Gasteiger partial charge in [-0.15, -0.1) is 0 Å². The van der Waals surface area contributed by atoms with Crippen LogP contribution in [0.3, 0.4) is 0 Å². The summed E-state index contributed by atoms with van der Waals surface area (Å²) in [7, 11) is 0. The minimum absolute atomic E-state index is 0.0538. The van der Waals surface area contributed by atoms with Gasteiger partial charge < -0.3 is 9.88 Å². The molecule has 0 radical (unpaired) electrons. The molecule has 0 atom stereocenters. The third kappa shape index (κ3) is 5.56. The molecule has 1 heterocycles. The summed E-state index contributed by atoms with van der Waals surface area (Å²) in [6, 6.07) is 13.0. The van der Waals surface area contributed by atoms with E-state index >= 15 is 0 Å². The van der Waals surface area contributed by atoms with Crippen molar-refractivity contribution < 1.29 is 4.79 Å². The molecule has 1 aliphatic carbocycles. The van der Waals surface area contributed by atoms with Crippen LogP contribution in [-0.2, 0) is 0 Å². The first-order valence-corrected chi connectivity index (χ1v) is 12.7. The number of rotatable bonds is 7. The van der Waals surface area contributed by atoms with E-state index in [0.29, 0.717) is 32.3 Å². The zero-order valence-corrected chi connectivity index (χ0v) is 21.0. The first kappa shape index (κ1) is 24.1. The Labute approximate surface area is 210 Å². The van der Waals surface area contributed by atoms with Crippen LogP contribution in [-0.4, -0.2) is 33.4 Å². The monoisotopic (exact) mass is 503 g/mol. The van der Waals surface area contributed by atoms with E-state index in [1.54, 1.807) is 12.1 Å². The van der Waals surface area contributed by atoms with Crippen LogP contribution in [0.5, 0.6) is 0 Å². The van der Waals surface area contributed by atoms with E-state index in [2.05, 4.69) is 11.9 Å². The molecular weight excluding hydrogens is 477 g/mol. The van der Waals surface area contributed by atoms with Crippen molar-refractivity contribution in [2.24, 2.45) is 0 Å². The van der Waals surface area contributed by atoms with Crippen LogP contribution in [0, 0.1) is 0 Å². The molecule has 1 amide bonds. The lowest BCUT2D eigenvalue weighted by Gasteiger charge is -2.34. The maximum Gasteiger partial charge on any atom is 0.289 e. The molecule has 1 fully saturated rings. The Morgan fingerprint density at radius 1 is 1.03 bits per heavy atom. The second-order valence-corrected chi connectivity index (χ2v) is 9.86. The third-order valence-corrected chi connectivity index (χ3v) is 7.05. The van der Waals surface area contributed by atoms with Gasteiger partial charge in [0.15, 0.2) is 5.82 Å². The molecule has 4 nitrogen and oxygen atoms in total. The standard InChI is InChI=1S/C26H28Cl3N3O/c1-2-3-15-32(20-7-5-4-6-8-20)26(33)25-30-23(17-9-11-18(27)12-10-17)24(31-25)21-14-13-19(28)16-22(21)29/h9-14,16,20H,2-8,15H2,1H3,(H,30,31). The van der Waals surface area contributed by atoms with Crippen molar-refractivity contribution in [3.63, 3.8) is 0 Å². The highest BCUT2D eigenvalue weighted by atomic mass is 35.5. The van der Waals surface area contributed by atoms with Crippen LogP contribution in [0.25, 0.3) is 22.5 Å². The number of benzene rings is 2. The third-order valence-electron chi connectivity index (χ3n) is 6.25. The van der Waals surface area contributed by atoms with Gasteiger partial charge in [-0.3, -0.25) is 4.79 Å². The van der Waals surface area contributed by atoms with E-state index in [4.69, 9.17) is 39.8 Å². The smallest absolute Gasteiger partial charge is 0.289 e. The molecule has 1 aromatic heterocycles. The zero-order chi connectivity index (χ0) is 23.4. The Hall–Kier alpha value is -2.01. The number of carbonyl (C=O) groups is 1. The summed E-state index contributed by atoms with van der Waals surface area (Å²) in [5, 5.41) is 1.69. The number of imidazole rings is 1. The maximum absolute atomic E-state index is 13.7. The van der Waals surface area contributed by atoms with Gasteiger partial charge >= 0.3 is 0 Å². The number of H-pyrrole nitrogens is 1. The number of unbranched alkanes of at least 4 members (excludes halogenated alkanes) is 1. The van der Waals surface area contributed by atoms with Crippen LogP contribution in [0.1, 0.15) is 62.5 Å². The Bertz CT molecular complexity index is 1100. The molecule has 0 aliphatic heterocycles. The average molecular weight is 505 g/mol. The van der Waals surface area contributed by atoms with Crippen molar-refractivity contribution in [1.82, 2.24) is 14.9 Å². The number of nitrogens with one attached hydrogen (secondary N) is 1. The highest BCUT2D eigenvalue weighted by molar-refractivity contribution is 6.36. The van der Waals surface area contributed by atoms with E-state index in [-0.39, 0.29) is 11.9 Å². The van der Waals surface area contributed by atoms with Gasteiger partial charge in [-0.05, 0) is 49.6 Å². The highest BCUT2D eigenvalue weighted by Gasteiger charge is 2.29. The molecule has 0 spiro atoms. The van der Waals surface area contributed by atoms with Gasteiger partial charge in [0, 0.05) is 33.8 Å². The van der Waals surface area contributed by atoms with Gasteiger partial charge in [-0.1, -0.05) is 79.5 Å². The molecule has 4 rings (SSSR count). The number of hydrogen-bond acceptors (Lipinski definition) is 2. The van der Waals surface area contributed by atoms with Crippen molar-refractivity contribution >= 4 is 40.7 Å². The first-order chi connectivity index (χ1) is 16.0. The number of halogens is 3. The highest BCUT2D eigenvalue weighted by Crippen LogP contribution is 2.36. The van der Waals surface area contributed by atoms with Crippen molar-refractivity contribution in [3.8, 4) is 22.5 Å². The summed E-state index contributed by atoms with van der Waals surface area (Å²) in [5.41, 5.74) is 2.96. The van der Waals surface area contributed by atoms with Gasteiger partial charge in [0.1, 0.15) is 0 Å². The molecule has 2 aromatic carbocycles. The molecule has 1 saturated carbocycles. The Kier molecular flexibility index (Phi) is 8.00. The molecule has 1 N–H and O–H groups in total. The average Bonchev–Trinajstić information content (AvgIpc) is 3.25. The predicted octanol–water partition coefficient (Wildman–Crippen LogP) is 8.28. The Balaban J connectivity index is 1.77. The van der Waals surface area contributed by atoms with Crippen LogP contribution >= 0.6 is 34.8 Å². The molecule has 0 unspecified atom stereocenters. The number of hydrogen-bond donors (Lipinski definition) is 1. The molecule has 1 aliphatic rings. The zero-order valence-electron chi connectivity index (χ0n) is 18.7. The normalized spacial score (nSPS) is 14.4. The van der Waals surface area contributed by atoms with E-state index in [1.807, 2.05) is 35.2 Å². The Morgan fingerprint density at radius 2 is 1.73 bits per heavy atom. The summed E-state index contributed by atoms with van der Waals surface area (Å²) in [6.07, 6.45) is 7.69. The molecular formula is C26H28Cl3N3O. The molecule has 3 aromatic rings. The van der Waals surface area contributed by atoms with Gasteiger partial charge in [0.2, 0.25) is 0 Å². The molecule has 0 bridgehead atoms. The van der Waals surface area contributed by atoms with Crippen LogP contribution in [0.4, 0.5) is 0 Å². The van der Waals surface area contributed by atoms with Crippen LogP contribution in [0.15, 0.2) is 42.5 Å². The summed E-state index contributed by atoms with van der Waals surface area (Å²) in [4.78, 5) is 23.9. The summed E-state index contributed by atoms with van der Waals surface area (Å²) < 4.78 is 0. The summed E-state index contributed by atoms with van der Waals surface area (Å²) in [5.74, 6) is 0.282. The van der Waals surface area contributed by atoms with Gasteiger partial charge in [0.05, 0.1) is 16.4 Å². The van der Waals surface area contributed by atoms with E-state index in [0.717, 1.165) is 43.4 Å². The second kappa shape index (κ2) is 10.9. The summed E-state index contributed by atoms with van der Waals surface area (Å²) in [6.45, 7) is 2.89. The number of aromatic amines is 1. The fraction of sp³-hybridized carbons (Fsp3) is 0.385. The van der Waals surface area contributed by atoms with Crippen molar-refractivity contribution in [3.05, 3.63) is 63.4 Å². The molecule has 33 heavy (non-hydrogen) atoms. The number of nitrogens with zero attached hydrogens (tertiary/aromatic N) is 2. The predicted molar refractivity (Wildman–Crippen MR) is 137 cm³/mol. The number of aromatic nitrogens is 2. The van der Waals surface area contributed by atoms with Gasteiger partial charge in [-0.25, -0.2) is 4.98 Å². The first-order valence-electron chi connectivity index (χ1n) is 11.6. The van der Waals surface area contributed by atoms with Crippen molar-refractivity contribution in [2.45, 2.75) is 57.9 Å². The van der Waals surface area contributed by atoms with Crippen molar-refractivity contribution in [2.75, 3.05) is 6.54 Å². The quantitative estimate of drug-likeness (QED) is 0.352. The molecule has 174 valence electrons. The van der Waals surface area contributed by atoms with E-state index in [1.165, 1.54) is 19.3 Å². The minimum atomic E-state index is -0.0538. The topological polar surface area (TPSA) is 49.0 Å². The SMILES string of the molecule is CCCCN(C(=O)c1nc(-c2ccc(Cl)cc2)c(-c2ccc(Cl)cc2Cl)[nH]1)C1CCCCC1.